The molecule has 2 aliphatic rings. The smallest absolute Gasteiger partial charge is 0.342 e. The van der Waals surface area contributed by atoms with Crippen LogP contribution in [0.4, 0.5) is 13.2 Å². The number of rotatable bonds is 5. The van der Waals surface area contributed by atoms with Gasteiger partial charge in [0.05, 0.1) is 12.1 Å². The zero-order chi connectivity index (χ0) is 27.0. The Labute approximate surface area is 222 Å². The van der Waals surface area contributed by atoms with Gasteiger partial charge in [-0.2, -0.15) is 18.3 Å². The number of piperidine rings is 2. The second-order valence-corrected chi connectivity index (χ2v) is 12.2. The summed E-state index contributed by atoms with van der Waals surface area (Å²) >= 11 is 6.44. The highest BCUT2D eigenvalue weighted by Gasteiger charge is 2.39. The summed E-state index contributed by atoms with van der Waals surface area (Å²) in [5, 5.41) is 4.52. The molecule has 1 amide bonds. The molecule has 4 rings (SSSR count). The van der Waals surface area contributed by atoms with Crippen LogP contribution in [0.25, 0.3) is 11.4 Å². The minimum Gasteiger partial charge on any atom is -0.342 e. The molecule has 2 aromatic rings. The van der Waals surface area contributed by atoms with Gasteiger partial charge < -0.3 is 9.80 Å². The monoisotopic (exact) mass is 539 g/mol. The Bertz CT molecular complexity index is 1110. The van der Waals surface area contributed by atoms with Crippen molar-refractivity contribution in [3.8, 4) is 11.4 Å². The van der Waals surface area contributed by atoms with Crippen molar-refractivity contribution in [1.29, 1.82) is 0 Å². The summed E-state index contributed by atoms with van der Waals surface area (Å²) in [5.41, 5.74) is 0.311. The number of hydrogen-bond donors (Lipinski definition) is 0. The Morgan fingerprint density at radius 1 is 1.05 bits per heavy atom. The van der Waals surface area contributed by atoms with Gasteiger partial charge in [0, 0.05) is 25.7 Å². The Hall–Kier alpha value is -2.13. The van der Waals surface area contributed by atoms with Crippen molar-refractivity contribution < 1.29 is 18.0 Å². The van der Waals surface area contributed by atoms with Crippen molar-refractivity contribution in [3.05, 3.63) is 34.6 Å². The number of halogens is 4. The SMILES string of the molecule is Cn1nc(-c2cccc(C(F)(F)F)n2)c(CC(=O)N2CCC3(CCN(CCC(C)(C)C)CC3)CC2)c1Cl. The van der Waals surface area contributed by atoms with Gasteiger partial charge >= 0.3 is 6.18 Å². The number of carbonyl (C=O) groups excluding carboxylic acids is 1. The van der Waals surface area contributed by atoms with E-state index in [4.69, 9.17) is 11.6 Å². The predicted octanol–water partition coefficient (Wildman–Crippen LogP) is 5.84. The number of likely N-dealkylation sites (tertiary alicyclic amines) is 2. The molecular formula is C27H37ClF3N5O. The molecule has 4 heterocycles. The minimum absolute atomic E-state index is 0.0203. The zero-order valence-corrected chi connectivity index (χ0v) is 22.9. The minimum atomic E-state index is -4.57. The normalized spacial score (nSPS) is 19.0. The zero-order valence-electron chi connectivity index (χ0n) is 22.2. The molecule has 2 fully saturated rings. The molecule has 0 aliphatic carbocycles. The van der Waals surface area contributed by atoms with E-state index in [0.717, 1.165) is 38.5 Å². The molecule has 2 aliphatic heterocycles. The number of aromatic nitrogens is 3. The van der Waals surface area contributed by atoms with E-state index in [1.165, 1.54) is 36.1 Å². The lowest BCUT2D eigenvalue weighted by molar-refractivity contribution is -0.141. The van der Waals surface area contributed by atoms with E-state index in [2.05, 4.69) is 35.8 Å². The Morgan fingerprint density at radius 3 is 2.27 bits per heavy atom. The Morgan fingerprint density at radius 2 is 1.68 bits per heavy atom. The number of nitrogens with zero attached hydrogens (tertiary/aromatic N) is 5. The van der Waals surface area contributed by atoms with E-state index in [-0.39, 0.29) is 28.9 Å². The van der Waals surface area contributed by atoms with Gasteiger partial charge in [-0.1, -0.05) is 38.4 Å². The molecule has 0 unspecified atom stereocenters. The summed E-state index contributed by atoms with van der Waals surface area (Å²) in [6.07, 6.45) is 0.892. The van der Waals surface area contributed by atoms with Crippen molar-refractivity contribution in [3.63, 3.8) is 0 Å². The standard InChI is InChI=1S/C27H37ClF3N5O/c1-25(2,3)8-13-35-14-9-26(10-15-35)11-16-36(17-12-26)22(37)18-19-23(33-34(4)24(19)28)20-6-5-7-21(32-20)27(29,30)31/h5-7H,8-18H2,1-4H3. The van der Waals surface area contributed by atoms with Crippen molar-refractivity contribution in [2.45, 2.75) is 65.5 Å². The second-order valence-electron chi connectivity index (χ2n) is 11.9. The van der Waals surface area contributed by atoms with Gasteiger partial charge in [-0.25, -0.2) is 4.98 Å². The van der Waals surface area contributed by atoms with Crippen LogP contribution in [0.15, 0.2) is 18.2 Å². The fourth-order valence-corrected chi connectivity index (χ4v) is 5.57. The number of pyridine rings is 1. The maximum Gasteiger partial charge on any atom is 0.433 e. The molecule has 6 nitrogen and oxygen atoms in total. The van der Waals surface area contributed by atoms with Crippen LogP contribution in [0, 0.1) is 10.8 Å². The molecule has 0 aromatic carbocycles. The molecule has 204 valence electrons. The van der Waals surface area contributed by atoms with Crippen LogP contribution in [0.5, 0.6) is 0 Å². The lowest BCUT2D eigenvalue weighted by atomic mass is 9.71. The quantitative estimate of drug-likeness (QED) is 0.479. The van der Waals surface area contributed by atoms with Gasteiger partial charge in [-0.15, -0.1) is 0 Å². The fourth-order valence-electron chi connectivity index (χ4n) is 5.37. The summed E-state index contributed by atoms with van der Waals surface area (Å²) in [5.74, 6) is -0.0828. The third-order valence-corrected chi connectivity index (χ3v) is 8.42. The molecule has 0 saturated carbocycles. The molecule has 0 bridgehead atoms. The molecule has 0 radical (unpaired) electrons. The lowest BCUT2D eigenvalue weighted by Crippen LogP contribution is -2.48. The first-order valence-electron chi connectivity index (χ1n) is 13.0. The molecular weight excluding hydrogens is 503 g/mol. The van der Waals surface area contributed by atoms with Gasteiger partial charge in [0.15, 0.2) is 0 Å². The molecule has 0 atom stereocenters. The number of aryl methyl sites for hydroxylation is 1. The Kier molecular flexibility index (Phi) is 7.96. The number of alkyl halides is 3. The van der Waals surface area contributed by atoms with Crippen LogP contribution in [-0.2, 0) is 24.4 Å². The first-order valence-corrected chi connectivity index (χ1v) is 13.4. The number of carbonyl (C=O) groups is 1. The molecule has 10 heteroatoms. The maximum absolute atomic E-state index is 13.3. The van der Waals surface area contributed by atoms with Crippen molar-refractivity contribution >= 4 is 17.5 Å². The summed E-state index contributed by atoms with van der Waals surface area (Å²) in [4.78, 5) is 21.4. The summed E-state index contributed by atoms with van der Waals surface area (Å²) in [6.45, 7) is 11.6. The number of amides is 1. The van der Waals surface area contributed by atoms with Gasteiger partial charge in [0.2, 0.25) is 5.91 Å². The predicted molar refractivity (Wildman–Crippen MR) is 138 cm³/mol. The van der Waals surface area contributed by atoms with Crippen molar-refractivity contribution in [1.82, 2.24) is 24.6 Å². The first kappa shape index (κ1) is 27.9. The average molecular weight is 540 g/mol. The second kappa shape index (κ2) is 10.6. The van der Waals surface area contributed by atoms with E-state index in [1.807, 2.05) is 4.90 Å². The van der Waals surface area contributed by atoms with Crippen molar-refractivity contribution in [2.75, 3.05) is 32.7 Å². The van der Waals surface area contributed by atoms with Gasteiger partial charge in [-0.05, 0) is 74.7 Å². The molecule has 37 heavy (non-hydrogen) atoms. The Balaban J connectivity index is 1.38. The topological polar surface area (TPSA) is 54.3 Å². The summed E-state index contributed by atoms with van der Waals surface area (Å²) in [7, 11) is 1.60. The van der Waals surface area contributed by atoms with Crippen LogP contribution < -0.4 is 0 Å². The largest absolute Gasteiger partial charge is 0.433 e. The van der Waals surface area contributed by atoms with Crippen LogP contribution in [0.3, 0.4) is 0 Å². The van der Waals surface area contributed by atoms with E-state index in [9.17, 15) is 18.0 Å². The summed E-state index contributed by atoms with van der Waals surface area (Å²) < 4.78 is 41.0. The third kappa shape index (κ3) is 6.66. The van der Waals surface area contributed by atoms with Crippen LogP contribution in [0.2, 0.25) is 5.15 Å². The van der Waals surface area contributed by atoms with E-state index >= 15 is 0 Å². The van der Waals surface area contributed by atoms with Gasteiger partial charge in [0.25, 0.3) is 0 Å². The highest BCUT2D eigenvalue weighted by atomic mass is 35.5. The highest BCUT2D eigenvalue weighted by molar-refractivity contribution is 6.31. The van der Waals surface area contributed by atoms with Gasteiger partial charge in [0.1, 0.15) is 16.5 Å². The maximum atomic E-state index is 13.3. The van der Waals surface area contributed by atoms with E-state index < -0.39 is 11.9 Å². The van der Waals surface area contributed by atoms with Crippen molar-refractivity contribution in [2.24, 2.45) is 17.9 Å². The number of hydrogen-bond acceptors (Lipinski definition) is 4. The molecule has 1 spiro atoms. The third-order valence-electron chi connectivity index (χ3n) is 7.95. The van der Waals surface area contributed by atoms with Gasteiger partial charge in [-0.3, -0.25) is 9.48 Å². The van der Waals surface area contributed by atoms with Crippen LogP contribution in [-0.4, -0.2) is 63.2 Å². The van der Waals surface area contributed by atoms with E-state index in [0.29, 0.717) is 29.5 Å². The van der Waals surface area contributed by atoms with Crippen LogP contribution >= 0.6 is 11.6 Å². The lowest BCUT2D eigenvalue weighted by Gasteiger charge is -2.47. The first-order chi connectivity index (χ1) is 17.3. The van der Waals surface area contributed by atoms with Crippen LogP contribution in [0.1, 0.15) is 64.1 Å². The molecule has 2 aromatic heterocycles. The summed E-state index contributed by atoms with van der Waals surface area (Å²) in [6, 6.07) is 3.66. The molecule has 2 saturated heterocycles. The molecule has 0 N–H and O–H groups in total. The van der Waals surface area contributed by atoms with E-state index in [1.54, 1.807) is 7.05 Å². The fraction of sp³-hybridized carbons (Fsp3) is 0.667. The average Bonchev–Trinajstić information content (AvgIpc) is 3.12. The highest BCUT2D eigenvalue weighted by Crippen LogP contribution is 2.42.